The molecule has 19 heavy (non-hydrogen) atoms. The van der Waals surface area contributed by atoms with Crippen LogP contribution >= 0.6 is 0 Å². The van der Waals surface area contributed by atoms with Crippen LogP contribution in [0, 0.1) is 0 Å². The number of ether oxygens (including phenoxy) is 2. The quantitative estimate of drug-likeness (QED) is 0.790. The standard InChI is InChI=1S/C14H14O5/c1-2-17-11-5-3-4-6-12(11)18-9-10-7-8-13(19-10)14(15)16/h3-8H,2,9H2,1H3,(H,15,16)/p-1. The molecule has 0 amide bonds. The Morgan fingerprint density at radius 3 is 2.42 bits per heavy atom. The molecule has 0 saturated heterocycles. The number of aromatic carboxylic acids is 1. The Kier molecular flexibility index (Phi) is 4.07. The van der Waals surface area contributed by atoms with E-state index in [4.69, 9.17) is 13.9 Å². The summed E-state index contributed by atoms with van der Waals surface area (Å²) in [6, 6.07) is 10.1. The van der Waals surface area contributed by atoms with Crippen LogP contribution in [0.1, 0.15) is 23.2 Å². The van der Waals surface area contributed by atoms with Gasteiger partial charge in [-0.05, 0) is 31.2 Å². The molecular weight excluding hydrogens is 248 g/mol. The van der Waals surface area contributed by atoms with Crippen LogP contribution < -0.4 is 14.6 Å². The van der Waals surface area contributed by atoms with E-state index < -0.39 is 5.97 Å². The molecule has 0 saturated carbocycles. The maximum Gasteiger partial charge on any atom is 0.161 e. The zero-order valence-electron chi connectivity index (χ0n) is 10.4. The lowest BCUT2D eigenvalue weighted by atomic mass is 10.3. The molecule has 1 aromatic carbocycles. The van der Waals surface area contributed by atoms with Crippen molar-refractivity contribution in [3.05, 3.63) is 47.9 Å². The summed E-state index contributed by atoms with van der Waals surface area (Å²) >= 11 is 0. The van der Waals surface area contributed by atoms with Gasteiger partial charge in [-0.25, -0.2) is 0 Å². The van der Waals surface area contributed by atoms with Crippen molar-refractivity contribution in [2.45, 2.75) is 13.5 Å². The third-order valence-electron chi connectivity index (χ3n) is 2.38. The highest BCUT2D eigenvalue weighted by Crippen LogP contribution is 2.27. The monoisotopic (exact) mass is 261 g/mol. The number of para-hydroxylation sites is 2. The molecule has 0 radical (unpaired) electrons. The van der Waals surface area contributed by atoms with Crippen molar-refractivity contribution >= 4 is 5.97 Å². The normalized spacial score (nSPS) is 10.2. The molecule has 5 nitrogen and oxygen atoms in total. The lowest BCUT2D eigenvalue weighted by molar-refractivity contribution is -0.257. The Morgan fingerprint density at radius 2 is 1.84 bits per heavy atom. The van der Waals surface area contributed by atoms with Crippen molar-refractivity contribution < 1.29 is 23.8 Å². The molecule has 0 atom stereocenters. The molecule has 0 aliphatic heterocycles. The average molecular weight is 261 g/mol. The number of carboxylic acids is 1. The molecule has 0 aliphatic carbocycles. The van der Waals surface area contributed by atoms with E-state index in [9.17, 15) is 9.90 Å². The molecule has 0 bridgehead atoms. The highest BCUT2D eigenvalue weighted by atomic mass is 16.5. The van der Waals surface area contributed by atoms with Gasteiger partial charge in [-0.2, -0.15) is 0 Å². The van der Waals surface area contributed by atoms with Crippen LogP contribution in [0.2, 0.25) is 0 Å². The van der Waals surface area contributed by atoms with E-state index in [2.05, 4.69) is 0 Å². The van der Waals surface area contributed by atoms with Crippen LogP contribution in [0.4, 0.5) is 0 Å². The summed E-state index contributed by atoms with van der Waals surface area (Å²) in [7, 11) is 0. The fourth-order valence-corrected chi connectivity index (χ4v) is 1.56. The SMILES string of the molecule is CCOc1ccccc1OCc1ccc(C(=O)[O-])o1. The van der Waals surface area contributed by atoms with Gasteiger partial charge in [-0.1, -0.05) is 12.1 Å². The molecular formula is C14H13O5-. The lowest BCUT2D eigenvalue weighted by Crippen LogP contribution is -2.21. The van der Waals surface area contributed by atoms with Gasteiger partial charge >= 0.3 is 0 Å². The first kappa shape index (κ1) is 13.0. The molecule has 100 valence electrons. The first-order valence-corrected chi connectivity index (χ1v) is 5.85. The van der Waals surface area contributed by atoms with Crippen molar-refractivity contribution in [3.8, 4) is 11.5 Å². The molecule has 5 heteroatoms. The number of carboxylic acid groups (broad SMARTS) is 1. The largest absolute Gasteiger partial charge is 0.542 e. The summed E-state index contributed by atoms with van der Waals surface area (Å²) in [6.07, 6.45) is 0. The zero-order chi connectivity index (χ0) is 13.7. The van der Waals surface area contributed by atoms with Crippen molar-refractivity contribution in [2.24, 2.45) is 0 Å². The number of benzene rings is 1. The fourth-order valence-electron chi connectivity index (χ4n) is 1.56. The van der Waals surface area contributed by atoms with E-state index in [0.717, 1.165) is 0 Å². The van der Waals surface area contributed by atoms with Gasteiger partial charge < -0.3 is 23.8 Å². The van der Waals surface area contributed by atoms with Gasteiger partial charge in [-0.3, -0.25) is 0 Å². The van der Waals surface area contributed by atoms with E-state index in [0.29, 0.717) is 23.9 Å². The number of furan rings is 1. The maximum atomic E-state index is 10.6. The molecule has 2 rings (SSSR count). The van der Waals surface area contributed by atoms with Crippen molar-refractivity contribution in [3.63, 3.8) is 0 Å². The summed E-state index contributed by atoms with van der Waals surface area (Å²) in [6.45, 7) is 2.54. The minimum absolute atomic E-state index is 0.122. The zero-order valence-corrected chi connectivity index (χ0v) is 10.4. The van der Waals surface area contributed by atoms with Crippen LogP contribution in [0.5, 0.6) is 11.5 Å². The number of hydrogen-bond acceptors (Lipinski definition) is 5. The van der Waals surface area contributed by atoms with E-state index in [1.165, 1.54) is 12.1 Å². The topological polar surface area (TPSA) is 71.7 Å². The summed E-state index contributed by atoms with van der Waals surface area (Å²) in [4.78, 5) is 10.6. The Balaban J connectivity index is 2.03. The highest BCUT2D eigenvalue weighted by molar-refractivity contribution is 5.82. The van der Waals surface area contributed by atoms with Gasteiger partial charge in [0.05, 0.1) is 6.61 Å². The van der Waals surface area contributed by atoms with Crippen LogP contribution in [0.15, 0.2) is 40.8 Å². The molecule has 0 spiro atoms. The summed E-state index contributed by atoms with van der Waals surface area (Å²) < 4.78 is 16.0. The minimum Gasteiger partial charge on any atom is -0.542 e. The van der Waals surface area contributed by atoms with Crippen LogP contribution in [0.25, 0.3) is 0 Å². The van der Waals surface area contributed by atoms with Gasteiger partial charge in [-0.15, -0.1) is 0 Å². The maximum absolute atomic E-state index is 10.6. The Morgan fingerprint density at radius 1 is 1.16 bits per heavy atom. The molecule has 0 fully saturated rings. The van der Waals surface area contributed by atoms with Gasteiger partial charge in [0.2, 0.25) is 0 Å². The molecule has 1 aromatic heterocycles. The van der Waals surface area contributed by atoms with Crippen LogP contribution in [-0.4, -0.2) is 12.6 Å². The number of carbonyl (C=O) groups is 1. The fraction of sp³-hybridized carbons (Fsp3) is 0.214. The van der Waals surface area contributed by atoms with Crippen LogP contribution in [0.3, 0.4) is 0 Å². The Bertz CT molecular complexity index is 558. The predicted octanol–water partition coefficient (Wildman–Crippen LogP) is 1.62. The molecule has 2 aromatic rings. The van der Waals surface area contributed by atoms with Crippen LogP contribution in [-0.2, 0) is 6.61 Å². The Labute approximate surface area is 110 Å². The molecule has 0 unspecified atom stereocenters. The van der Waals surface area contributed by atoms with Crippen molar-refractivity contribution in [1.82, 2.24) is 0 Å². The first-order valence-electron chi connectivity index (χ1n) is 5.85. The minimum atomic E-state index is -1.35. The number of hydrogen-bond donors (Lipinski definition) is 0. The van der Waals surface area contributed by atoms with Gasteiger partial charge in [0.1, 0.15) is 24.1 Å². The van der Waals surface area contributed by atoms with Crippen molar-refractivity contribution in [1.29, 1.82) is 0 Å². The second-order valence-electron chi connectivity index (χ2n) is 3.72. The third kappa shape index (κ3) is 3.28. The number of carbonyl (C=O) groups excluding carboxylic acids is 1. The molecule has 0 aliphatic rings. The summed E-state index contributed by atoms with van der Waals surface area (Å²) in [5, 5.41) is 10.6. The van der Waals surface area contributed by atoms with E-state index in [1.54, 1.807) is 12.1 Å². The lowest BCUT2D eigenvalue weighted by Gasteiger charge is -2.10. The highest BCUT2D eigenvalue weighted by Gasteiger charge is 2.07. The Hall–Kier alpha value is -2.43. The molecule has 0 N–H and O–H groups in total. The second-order valence-corrected chi connectivity index (χ2v) is 3.72. The molecule has 1 heterocycles. The van der Waals surface area contributed by atoms with E-state index in [1.807, 2.05) is 19.1 Å². The smallest absolute Gasteiger partial charge is 0.161 e. The van der Waals surface area contributed by atoms with Gasteiger partial charge in [0, 0.05) is 0 Å². The van der Waals surface area contributed by atoms with Gasteiger partial charge in [0.25, 0.3) is 0 Å². The summed E-state index contributed by atoms with van der Waals surface area (Å²) in [5.41, 5.74) is 0. The van der Waals surface area contributed by atoms with Gasteiger partial charge in [0.15, 0.2) is 11.5 Å². The van der Waals surface area contributed by atoms with E-state index >= 15 is 0 Å². The third-order valence-corrected chi connectivity index (χ3v) is 2.38. The second kappa shape index (κ2) is 5.95. The predicted molar refractivity (Wildman–Crippen MR) is 65.0 cm³/mol. The van der Waals surface area contributed by atoms with E-state index in [-0.39, 0.29) is 12.4 Å². The summed E-state index contributed by atoms with van der Waals surface area (Å²) in [5.74, 6) is 0.0654. The van der Waals surface area contributed by atoms with Crippen molar-refractivity contribution in [2.75, 3.05) is 6.61 Å². The first-order chi connectivity index (χ1) is 9.20. The average Bonchev–Trinajstić information content (AvgIpc) is 2.87. The number of rotatable bonds is 6.